The summed E-state index contributed by atoms with van der Waals surface area (Å²) in [6.45, 7) is 10.4. The van der Waals surface area contributed by atoms with Gasteiger partial charge in [-0.1, -0.05) is 26.7 Å². The summed E-state index contributed by atoms with van der Waals surface area (Å²) in [6, 6.07) is 0.0200. The third kappa shape index (κ3) is 3.82. The molecule has 1 saturated heterocycles. The molecular formula is C18H31NO3. The molecule has 2 unspecified atom stereocenters. The highest BCUT2D eigenvalue weighted by Gasteiger charge is 2.46. The van der Waals surface area contributed by atoms with Crippen molar-refractivity contribution < 1.29 is 14.3 Å². The Hall–Kier alpha value is -1.06. The van der Waals surface area contributed by atoms with Crippen LogP contribution >= 0.6 is 0 Å². The maximum absolute atomic E-state index is 12.7. The van der Waals surface area contributed by atoms with Crippen molar-refractivity contribution in [2.45, 2.75) is 84.8 Å². The maximum Gasteiger partial charge on any atom is 0.410 e. The third-order valence-corrected chi connectivity index (χ3v) is 4.98. The molecule has 0 N–H and O–H groups in total. The van der Waals surface area contributed by atoms with Crippen molar-refractivity contribution in [3.63, 3.8) is 0 Å². The van der Waals surface area contributed by atoms with Crippen molar-refractivity contribution in [3.8, 4) is 0 Å². The van der Waals surface area contributed by atoms with Gasteiger partial charge in [0.2, 0.25) is 0 Å². The Morgan fingerprint density at radius 2 is 1.86 bits per heavy atom. The van der Waals surface area contributed by atoms with E-state index in [1.165, 1.54) is 0 Å². The number of carbonyl (C=O) groups excluding carboxylic acids is 2. The van der Waals surface area contributed by atoms with Crippen molar-refractivity contribution in [1.29, 1.82) is 0 Å². The number of hydrogen-bond donors (Lipinski definition) is 0. The lowest BCUT2D eigenvalue weighted by Crippen LogP contribution is -2.48. The first-order valence-corrected chi connectivity index (χ1v) is 8.66. The summed E-state index contributed by atoms with van der Waals surface area (Å²) in [6.07, 6.45) is 5.71. The van der Waals surface area contributed by atoms with Crippen LogP contribution in [0.25, 0.3) is 0 Å². The summed E-state index contributed by atoms with van der Waals surface area (Å²) in [4.78, 5) is 27.2. The summed E-state index contributed by atoms with van der Waals surface area (Å²) < 4.78 is 5.59. The Labute approximate surface area is 134 Å². The van der Waals surface area contributed by atoms with Gasteiger partial charge in [0, 0.05) is 23.9 Å². The molecule has 0 aromatic heterocycles. The number of ketones is 1. The summed E-state index contributed by atoms with van der Waals surface area (Å²) in [5.74, 6) is 0.313. The van der Waals surface area contributed by atoms with Gasteiger partial charge in [-0.05, 0) is 46.5 Å². The molecule has 1 saturated carbocycles. The predicted molar refractivity (Wildman–Crippen MR) is 86.7 cm³/mol. The van der Waals surface area contributed by atoms with Crippen molar-refractivity contribution in [2.75, 3.05) is 6.54 Å². The van der Waals surface area contributed by atoms with Crippen LogP contribution in [0.5, 0.6) is 0 Å². The van der Waals surface area contributed by atoms with Gasteiger partial charge in [-0.3, -0.25) is 4.79 Å². The lowest BCUT2D eigenvalue weighted by Gasteiger charge is -2.35. The standard InChI is InChI=1S/C18H31NO3/c1-17(2,3)22-16(21)19-12-8-6-7-9-14(19)13-10-11-18(4,5)15(13)20/h13-14H,6-12H2,1-5H3. The van der Waals surface area contributed by atoms with E-state index in [2.05, 4.69) is 0 Å². The van der Waals surface area contributed by atoms with E-state index >= 15 is 0 Å². The molecule has 1 aliphatic heterocycles. The molecule has 1 aliphatic carbocycles. The molecule has 2 fully saturated rings. The third-order valence-electron chi connectivity index (χ3n) is 4.98. The van der Waals surface area contributed by atoms with E-state index in [1.54, 1.807) is 0 Å². The highest BCUT2D eigenvalue weighted by Crippen LogP contribution is 2.42. The number of nitrogens with zero attached hydrogens (tertiary/aromatic N) is 1. The van der Waals surface area contributed by atoms with E-state index in [0.717, 1.165) is 38.5 Å². The largest absolute Gasteiger partial charge is 0.444 e. The van der Waals surface area contributed by atoms with Crippen LogP contribution in [-0.2, 0) is 9.53 Å². The molecule has 4 nitrogen and oxygen atoms in total. The van der Waals surface area contributed by atoms with Crippen molar-refractivity contribution in [2.24, 2.45) is 11.3 Å². The quantitative estimate of drug-likeness (QED) is 0.730. The fourth-order valence-corrected chi connectivity index (χ4v) is 3.74. The normalized spacial score (nSPS) is 29.3. The number of rotatable bonds is 1. The number of hydrogen-bond acceptors (Lipinski definition) is 3. The Balaban J connectivity index is 2.18. The molecule has 2 aliphatic rings. The minimum atomic E-state index is -0.493. The molecule has 22 heavy (non-hydrogen) atoms. The first kappa shape index (κ1) is 17.3. The molecule has 0 radical (unpaired) electrons. The van der Waals surface area contributed by atoms with E-state index in [1.807, 2.05) is 39.5 Å². The molecule has 0 aromatic rings. The second-order valence-electron chi connectivity index (χ2n) is 8.48. The van der Waals surface area contributed by atoms with Gasteiger partial charge in [0.15, 0.2) is 0 Å². The van der Waals surface area contributed by atoms with Crippen LogP contribution in [0.2, 0.25) is 0 Å². The number of amides is 1. The number of ether oxygens (including phenoxy) is 1. The minimum Gasteiger partial charge on any atom is -0.444 e. The van der Waals surface area contributed by atoms with E-state index in [0.29, 0.717) is 12.3 Å². The van der Waals surface area contributed by atoms with Crippen molar-refractivity contribution in [3.05, 3.63) is 0 Å². The number of likely N-dealkylation sites (tertiary alicyclic amines) is 1. The van der Waals surface area contributed by atoms with Crippen LogP contribution in [0, 0.1) is 11.3 Å². The Bertz CT molecular complexity index is 436. The van der Waals surface area contributed by atoms with Gasteiger partial charge < -0.3 is 9.64 Å². The average molecular weight is 309 g/mol. The van der Waals surface area contributed by atoms with E-state index in [4.69, 9.17) is 4.74 Å². The molecule has 126 valence electrons. The zero-order chi connectivity index (χ0) is 16.5. The monoisotopic (exact) mass is 309 g/mol. The molecule has 1 heterocycles. The smallest absolute Gasteiger partial charge is 0.410 e. The van der Waals surface area contributed by atoms with E-state index in [-0.39, 0.29) is 23.5 Å². The van der Waals surface area contributed by atoms with Crippen LogP contribution < -0.4 is 0 Å². The van der Waals surface area contributed by atoms with Gasteiger partial charge in [-0.25, -0.2) is 4.79 Å². The summed E-state index contributed by atoms with van der Waals surface area (Å²) in [5, 5.41) is 0. The fourth-order valence-electron chi connectivity index (χ4n) is 3.74. The van der Waals surface area contributed by atoms with Gasteiger partial charge in [0.25, 0.3) is 0 Å². The lowest BCUT2D eigenvalue weighted by molar-refractivity contribution is -0.129. The van der Waals surface area contributed by atoms with Crippen LogP contribution in [0.3, 0.4) is 0 Å². The zero-order valence-corrected chi connectivity index (χ0v) is 14.8. The van der Waals surface area contributed by atoms with Gasteiger partial charge in [-0.2, -0.15) is 0 Å². The first-order valence-electron chi connectivity index (χ1n) is 8.66. The molecule has 2 rings (SSSR count). The van der Waals surface area contributed by atoms with Crippen LogP contribution in [0.1, 0.15) is 73.1 Å². The topological polar surface area (TPSA) is 46.6 Å². The van der Waals surface area contributed by atoms with Gasteiger partial charge in [0.1, 0.15) is 11.4 Å². The summed E-state index contributed by atoms with van der Waals surface area (Å²) in [5.41, 5.74) is -0.733. The minimum absolute atomic E-state index is 0.0133. The summed E-state index contributed by atoms with van der Waals surface area (Å²) >= 11 is 0. The van der Waals surface area contributed by atoms with Crippen LogP contribution in [0.4, 0.5) is 4.79 Å². The number of carbonyl (C=O) groups is 2. The Kier molecular flexibility index (Phi) is 4.88. The lowest BCUT2D eigenvalue weighted by atomic mass is 9.85. The zero-order valence-electron chi connectivity index (χ0n) is 14.8. The van der Waals surface area contributed by atoms with Gasteiger partial charge >= 0.3 is 6.09 Å². The SMILES string of the molecule is CC(C)(C)OC(=O)N1CCCCCC1C1CCC(C)(C)C1=O. The van der Waals surface area contributed by atoms with Crippen LogP contribution in [0.15, 0.2) is 0 Å². The Morgan fingerprint density at radius 1 is 1.18 bits per heavy atom. The van der Waals surface area contributed by atoms with Crippen molar-refractivity contribution in [1.82, 2.24) is 4.90 Å². The van der Waals surface area contributed by atoms with Gasteiger partial charge in [-0.15, -0.1) is 0 Å². The molecule has 0 bridgehead atoms. The van der Waals surface area contributed by atoms with Gasteiger partial charge in [0.05, 0.1) is 0 Å². The van der Waals surface area contributed by atoms with E-state index in [9.17, 15) is 9.59 Å². The highest BCUT2D eigenvalue weighted by atomic mass is 16.6. The first-order chi connectivity index (χ1) is 10.1. The van der Waals surface area contributed by atoms with Crippen molar-refractivity contribution >= 4 is 11.9 Å². The molecule has 4 heteroatoms. The molecular weight excluding hydrogens is 278 g/mol. The highest BCUT2D eigenvalue weighted by molar-refractivity contribution is 5.89. The molecule has 0 aromatic carbocycles. The molecule has 2 atom stereocenters. The second-order valence-corrected chi connectivity index (χ2v) is 8.48. The maximum atomic E-state index is 12.7. The Morgan fingerprint density at radius 3 is 2.41 bits per heavy atom. The predicted octanol–water partition coefficient (Wildman–Crippen LogP) is 4.17. The number of Topliss-reactive ketones (excluding diaryl/α,β-unsaturated/α-hetero) is 1. The summed E-state index contributed by atoms with van der Waals surface area (Å²) in [7, 11) is 0. The van der Waals surface area contributed by atoms with E-state index < -0.39 is 5.60 Å². The fraction of sp³-hybridized carbons (Fsp3) is 0.889. The molecule has 0 spiro atoms. The average Bonchev–Trinajstić information content (AvgIpc) is 2.57. The molecule has 1 amide bonds. The second kappa shape index (κ2) is 6.21. The van der Waals surface area contributed by atoms with Crippen LogP contribution in [-0.4, -0.2) is 35.0 Å².